The molecule has 1 fully saturated rings. The van der Waals surface area contributed by atoms with Gasteiger partial charge in [0, 0.05) is 12.1 Å². The molecule has 0 radical (unpaired) electrons. The number of fused-ring (bicyclic) bond motifs is 1. The lowest BCUT2D eigenvalue weighted by Gasteiger charge is -2.17. The van der Waals surface area contributed by atoms with Crippen molar-refractivity contribution in [2.75, 3.05) is 25.3 Å². The van der Waals surface area contributed by atoms with E-state index in [0.29, 0.717) is 39.2 Å². The van der Waals surface area contributed by atoms with Crippen LogP contribution in [0.1, 0.15) is 46.5 Å². The molecule has 43 heavy (non-hydrogen) atoms. The Bertz CT molecular complexity index is 1560. The van der Waals surface area contributed by atoms with Gasteiger partial charge >= 0.3 is 11.9 Å². The average molecular weight is 604 g/mol. The van der Waals surface area contributed by atoms with Crippen molar-refractivity contribution >= 4 is 52.1 Å². The zero-order valence-electron chi connectivity index (χ0n) is 23.5. The second-order valence-electron chi connectivity index (χ2n) is 9.43. The molecule has 12 heteroatoms. The summed E-state index contributed by atoms with van der Waals surface area (Å²) in [6.45, 7) is 4.33. The SMILES string of the molecule is CCOC(=O)c1ccc(N=C2S[C@H](CC(=O)Nc3ccc(C(=O)OCC)cc3)C(=O)N2Cc2ccc3c(c2)OCO3)cc1. The van der Waals surface area contributed by atoms with Crippen molar-refractivity contribution in [1.29, 1.82) is 0 Å². The number of nitrogens with zero attached hydrogens (tertiary/aromatic N) is 2. The van der Waals surface area contributed by atoms with Crippen molar-refractivity contribution in [2.45, 2.75) is 32.1 Å². The number of hydrogen-bond donors (Lipinski definition) is 1. The van der Waals surface area contributed by atoms with Crippen LogP contribution in [-0.2, 0) is 25.6 Å². The summed E-state index contributed by atoms with van der Waals surface area (Å²) in [5.74, 6) is -0.285. The Morgan fingerprint density at radius 1 is 0.907 bits per heavy atom. The topological polar surface area (TPSA) is 133 Å². The molecule has 2 heterocycles. The van der Waals surface area contributed by atoms with Gasteiger partial charge in [0.05, 0.1) is 36.6 Å². The number of benzene rings is 3. The van der Waals surface area contributed by atoms with E-state index >= 15 is 0 Å². The predicted molar refractivity (Wildman–Crippen MR) is 160 cm³/mol. The first kappa shape index (κ1) is 29.6. The normalized spacial score (nSPS) is 16.3. The maximum atomic E-state index is 13.6. The molecule has 222 valence electrons. The molecule has 2 amide bonds. The van der Waals surface area contributed by atoms with E-state index in [1.807, 2.05) is 12.1 Å². The molecule has 0 aromatic heterocycles. The number of hydrogen-bond acceptors (Lipinski definition) is 10. The highest BCUT2D eigenvalue weighted by molar-refractivity contribution is 8.15. The van der Waals surface area contributed by atoms with Crippen molar-refractivity contribution in [2.24, 2.45) is 4.99 Å². The molecule has 1 saturated heterocycles. The van der Waals surface area contributed by atoms with Crippen LogP contribution in [0.4, 0.5) is 11.4 Å². The summed E-state index contributed by atoms with van der Waals surface area (Å²) >= 11 is 1.19. The van der Waals surface area contributed by atoms with E-state index in [1.165, 1.54) is 16.7 Å². The first-order valence-electron chi connectivity index (χ1n) is 13.6. The minimum Gasteiger partial charge on any atom is -0.462 e. The number of amides is 2. The summed E-state index contributed by atoms with van der Waals surface area (Å²) in [6.07, 6.45) is -0.0957. The number of ether oxygens (including phenoxy) is 4. The average Bonchev–Trinajstić information content (AvgIpc) is 3.58. The minimum atomic E-state index is -0.717. The fourth-order valence-corrected chi connectivity index (χ4v) is 5.53. The van der Waals surface area contributed by atoms with Gasteiger partial charge in [-0.05, 0) is 80.1 Å². The summed E-state index contributed by atoms with van der Waals surface area (Å²) in [7, 11) is 0. The fourth-order valence-electron chi connectivity index (χ4n) is 4.37. The highest BCUT2D eigenvalue weighted by Crippen LogP contribution is 2.36. The molecule has 1 atom stereocenters. The summed E-state index contributed by atoms with van der Waals surface area (Å²) in [5.41, 5.74) is 2.59. The van der Waals surface area contributed by atoms with E-state index in [-0.39, 0.29) is 44.8 Å². The molecule has 11 nitrogen and oxygen atoms in total. The number of carbonyl (C=O) groups is 4. The third-order valence-corrected chi connectivity index (χ3v) is 7.63. The van der Waals surface area contributed by atoms with Crippen LogP contribution in [0.15, 0.2) is 71.7 Å². The molecule has 3 aromatic carbocycles. The van der Waals surface area contributed by atoms with Gasteiger partial charge in [-0.3, -0.25) is 14.5 Å². The number of nitrogens with one attached hydrogen (secondary N) is 1. The lowest BCUT2D eigenvalue weighted by Crippen LogP contribution is -2.33. The molecular weight excluding hydrogens is 574 g/mol. The molecule has 0 aliphatic carbocycles. The Morgan fingerprint density at radius 3 is 2.19 bits per heavy atom. The van der Waals surface area contributed by atoms with Crippen molar-refractivity contribution in [1.82, 2.24) is 4.90 Å². The number of thioether (sulfide) groups is 1. The number of anilines is 1. The second kappa shape index (κ2) is 13.4. The van der Waals surface area contributed by atoms with Crippen LogP contribution < -0.4 is 14.8 Å². The monoisotopic (exact) mass is 603 g/mol. The molecule has 1 N–H and O–H groups in total. The van der Waals surface area contributed by atoms with Gasteiger partial charge in [0.1, 0.15) is 5.25 Å². The standard InChI is InChI=1S/C31H29N3O8S/c1-3-39-29(37)20-6-10-22(11-7-20)32-27(35)16-26-28(36)34(17-19-5-14-24-25(15-19)42-18-41-24)31(43-26)33-23-12-8-21(9-13-23)30(38)40-4-2/h5-15,26H,3-4,16-18H2,1-2H3,(H,32,35)/t26-/m1/s1. The van der Waals surface area contributed by atoms with E-state index in [2.05, 4.69) is 10.3 Å². The Kier molecular flexibility index (Phi) is 9.26. The van der Waals surface area contributed by atoms with Crippen molar-refractivity contribution < 1.29 is 38.1 Å². The summed E-state index contributed by atoms with van der Waals surface area (Å²) in [5, 5.41) is 2.49. The van der Waals surface area contributed by atoms with E-state index in [9.17, 15) is 19.2 Å². The summed E-state index contributed by atoms with van der Waals surface area (Å²) < 4.78 is 20.9. The number of amidine groups is 1. The predicted octanol–water partition coefficient (Wildman–Crippen LogP) is 4.93. The van der Waals surface area contributed by atoms with E-state index in [1.54, 1.807) is 68.4 Å². The quantitative estimate of drug-likeness (QED) is 0.320. The Hall–Kier alpha value is -4.84. The van der Waals surface area contributed by atoms with Crippen molar-refractivity contribution in [3.8, 4) is 11.5 Å². The first-order chi connectivity index (χ1) is 20.8. The van der Waals surface area contributed by atoms with Gasteiger partial charge in [-0.1, -0.05) is 17.8 Å². The Morgan fingerprint density at radius 2 is 1.53 bits per heavy atom. The minimum absolute atomic E-state index is 0.0957. The zero-order valence-corrected chi connectivity index (χ0v) is 24.3. The fraction of sp³-hybridized carbons (Fsp3) is 0.258. The van der Waals surface area contributed by atoms with E-state index in [4.69, 9.17) is 18.9 Å². The first-order valence-corrected chi connectivity index (χ1v) is 14.5. The number of aliphatic imine (C=N–C) groups is 1. The van der Waals surface area contributed by atoms with Gasteiger partial charge in [-0.2, -0.15) is 0 Å². The van der Waals surface area contributed by atoms with Gasteiger partial charge in [0.15, 0.2) is 16.7 Å². The number of carbonyl (C=O) groups excluding carboxylic acids is 4. The van der Waals surface area contributed by atoms with Crippen LogP contribution in [0, 0.1) is 0 Å². The number of rotatable bonds is 10. The molecule has 2 aliphatic rings. The second-order valence-corrected chi connectivity index (χ2v) is 10.6. The van der Waals surface area contributed by atoms with Crippen LogP contribution in [-0.4, -0.2) is 59.1 Å². The Balaban J connectivity index is 1.32. The van der Waals surface area contributed by atoms with Gasteiger partial charge in [0.2, 0.25) is 18.6 Å². The summed E-state index contributed by atoms with van der Waals surface area (Å²) in [6, 6.07) is 18.3. The third-order valence-electron chi connectivity index (χ3n) is 6.45. The van der Waals surface area contributed by atoms with Crippen LogP contribution >= 0.6 is 11.8 Å². The maximum Gasteiger partial charge on any atom is 0.338 e. The lowest BCUT2D eigenvalue weighted by atomic mass is 10.1. The van der Waals surface area contributed by atoms with Gasteiger partial charge in [0.25, 0.3) is 0 Å². The van der Waals surface area contributed by atoms with Gasteiger partial charge in [-0.15, -0.1) is 0 Å². The van der Waals surface area contributed by atoms with Crippen LogP contribution in [0.2, 0.25) is 0 Å². The van der Waals surface area contributed by atoms with Crippen LogP contribution in [0.25, 0.3) is 0 Å². The van der Waals surface area contributed by atoms with Gasteiger partial charge in [-0.25, -0.2) is 14.6 Å². The number of esters is 2. The maximum absolute atomic E-state index is 13.6. The van der Waals surface area contributed by atoms with E-state index in [0.717, 1.165) is 5.56 Å². The van der Waals surface area contributed by atoms with E-state index < -0.39 is 17.2 Å². The molecule has 5 rings (SSSR count). The smallest absolute Gasteiger partial charge is 0.338 e. The molecular formula is C31H29N3O8S. The molecule has 2 aliphatic heterocycles. The molecule has 3 aromatic rings. The van der Waals surface area contributed by atoms with Gasteiger partial charge < -0.3 is 24.3 Å². The summed E-state index contributed by atoms with van der Waals surface area (Å²) in [4.78, 5) is 56.7. The van der Waals surface area contributed by atoms with Crippen molar-refractivity contribution in [3.05, 3.63) is 83.4 Å². The largest absolute Gasteiger partial charge is 0.462 e. The molecule has 0 unspecified atom stereocenters. The third kappa shape index (κ3) is 7.15. The molecule has 0 saturated carbocycles. The van der Waals surface area contributed by atoms with Crippen LogP contribution in [0.5, 0.6) is 11.5 Å². The molecule has 0 spiro atoms. The zero-order chi connectivity index (χ0) is 30.3. The highest BCUT2D eigenvalue weighted by atomic mass is 32.2. The Labute approximate surface area is 252 Å². The molecule has 0 bridgehead atoms. The van der Waals surface area contributed by atoms with Crippen molar-refractivity contribution in [3.63, 3.8) is 0 Å². The van der Waals surface area contributed by atoms with Crippen LogP contribution in [0.3, 0.4) is 0 Å². The lowest BCUT2D eigenvalue weighted by molar-refractivity contribution is -0.128. The highest BCUT2D eigenvalue weighted by Gasteiger charge is 2.39.